The fourth-order valence-electron chi connectivity index (χ4n) is 2.03. The molecule has 0 aromatic carbocycles. The van der Waals surface area contributed by atoms with Crippen LogP contribution in [0.1, 0.15) is 74.1 Å². The van der Waals surface area contributed by atoms with Gasteiger partial charge in [0.15, 0.2) is 0 Å². The maximum absolute atomic E-state index is 12.4. The van der Waals surface area contributed by atoms with Crippen LogP contribution in [0.25, 0.3) is 0 Å². The van der Waals surface area contributed by atoms with Crippen LogP contribution in [0.2, 0.25) is 0 Å². The first kappa shape index (κ1) is 17.3. The quantitative estimate of drug-likeness (QED) is 0.519. The average Bonchev–Trinajstić information content (AvgIpc) is 2.20. The van der Waals surface area contributed by atoms with E-state index in [0.29, 0.717) is 6.42 Å². The number of ketones is 2. The molecular formula is C16H30O2. The van der Waals surface area contributed by atoms with Gasteiger partial charge in [0, 0.05) is 10.8 Å². The highest BCUT2D eigenvalue weighted by Gasteiger charge is 2.38. The fraction of sp³-hybridized carbons (Fsp3) is 0.875. The summed E-state index contributed by atoms with van der Waals surface area (Å²) < 4.78 is 0. The van der Waals surface area contributed by atoms with Gasteiger partial charge in [-0.05, 0) is 6.42 Å². The van der Waals surface area contributed by atoms with Crippen molar-refractivity contribution < 1.29 is 9.59 Å². The average molecular weight is 254 g/mol. The Morgan fingerprint density at radius 2 is 1.22 bits per heavy atom. The van der Waals surface area contributed by atoms with E-state index in [4.69, 9.17) is 0 Å². The summed E-state index contributed by atoms with van der Waals surface area (Å²) in [5, 5.41) is 0. The lowest BCUT2D eigenvalue weighted by Crippen LogP contribution is -2.39. The van der Waals surface area contributed by atoms with Crippen molar-refractivity contribution in [3.05, 3.63) is 0 Å². The minimum Gasteiger partial charge on any atom is -0.298 e. The van der Waals surface area contributed by atoms with E-state index in [1.807, 2.05) is 41.5 Å². The minimum atomic E-state index is -0.433. The molecule has 0 N–H and O–H groups in total. The predicted octanol–water partition coefficient (Wildman–Crippen LogP) is 4.41. The normalized spacial score (nSPS) is 12.9. The van der Waals surface area contributed by atoms with E-state index in [-0.39, 0.29) is 11.6 Å². The van der Waals surface area contributed by atoms with Gasteiger partial charge in [-0.15, -0.1) is 0 Å². The lowest BCUT2D eigenvalue weighted by atomic mass is 9.73. The van der Waals surface area contributed by atoms with E-state index in [0.717, 1.165) is 19.3 Å². The van der Waals surface area contributed by atoms with Gasteiger partial charge in [-0.3, -0.25) is 9.59 Å². The van der Waals surface area contributed by atoms with Gasteiger partial charge in [0.1, 0.15) is 11.6 Å². The molecule has 0 spiro atoms. The van der Waals surface area contributed by atoms with Gasteiger partial charge in [-0.2, -0.15) is 0 Å². The molecule has 0 radical (unpaired) electrons. The van der Waals surface area contributed by atoms with Crippen LogP contribution in [0.15, 0.2) is 0 Å². The first-order valence-electron chi connectivity index (χ1n) is 7.10. The monoisotopic (exact) mass is 254 g/mol. The SMILES string of the molecule is CCCCCC(C(=O)C(C)(C)C)C(=O)C(C)(C)C. The van der Waals surface area contributed by atoms with Crippen LogP contribution < -0.4 is 0 Å². The molecule has 0 aromatic rings. The molecule has 0 amide bonds. The van der Waals surface area contributed by atoms with E-state index in [9.17, 15) is 9.59 Å². The molecule has 0 aliphatic heterocycles. The second kappa shape index (κ2) is 6.49. The molecular weight excluding hydrogens is 224 g/mol. The second-order valence-corrected chi connectivity index (χ2v) is 7.28. The molecule has 0 aliphatic rings. The first-order valence-corrected chi connectivity index (χ1v) is 7.10. The summed E-state index contributed by atoms with van der Waals surface area (Å²) in [5.41, 5.74) is -0.865. The van der Waals surface area contributed by atoms with E-state index >= 15 is 0 Å². The molecule has 0 saturated carbocycles. The summed E-state index contributed by atoms with van der Waals surface area (Å²) in [4.78, 5) is 24.9. The molecule has 0 saturated heterocycles. The molecule has 0 unspecified atom stereocenters. The molecule has 0 atom stereocenters. The van der Waals surface area contributed by atoms with Crippen molar-refractivity contribution in [1.29, 1.82) is 0 Å². The number of hydrogen-bond donors (Lipinski definition) is 0. The van der Waals surface area contributed by atoms with Gasteiger partial charge < -0.3 is 0 Å². The molecule has 18 heavy (non-hydrogen) atoms. The van der Waals surface area contributed by atoms with Crippen LogP contribution >= 0.6 is 0 Å². The van der Waals surface area contributed by atoms with Crippen LogP contribution in [0.5, 0.6) is 0 Å². The number of rotatable bonds is 6. The summed E-state index contributed by atoms with van der Waals surface area (Å²) in [6.07, 6.45) is 3.87. The third kappa shape index (κ3) is 5.32. The van der Waals surface area contributed by atoms with E-state index in [1.165, 1.54) is 0 Å². The van der Waals surface area contributed by atoms with Gasteiger partial charge in [0.25, 0.3) is 0 Å². The Kier molecular flexibility index (Phi) is 6.25. The van der Waals surface area contributed by atoms with Gasteiger partial charge in [-0.1, -0.05) is 67.7 Å². The van der Waals surface area contributed by atoms with Gasteiger partial charge in [0.2, 0.25) is 0 Å². The second-order valence-electron chi connectivity index (χ2n) is 7.28. The maximum Gasteiger partial charge on any atom is 0.148 e. The molecule has 0 heterocycles. The van der Waals surface area contributed by atoms with Gasteiger partial charge in [-0.25, -0.2) is 0 Å². The Balaban J connectivity index is 4.95. The number of Topliss-reactive ketones (excluding diaryl/α,β-unsaturated/α-hetero) is 2. The maximum atomic E-state index is 12.4. The van der Waals surface area contributed by atoms with Crippen LogP contribution in [0.3, 0.4) is 0 Å². The van der Waals surface area contributed by atoms with Crippen LogP contribution in [0, 0.1) is 16.7 Å². The van der Waals surface area contributed by atoms with E-state index in [2.05, 4.69) is 6.92 Å². The van der Waals surface area contributed by atoms with Crippen molar-refractivity contribution >= 4 is 11.6 Å². The van der Waals surface area contributed by atoms with Gasteiger partial charge in [0.05, 0.1) is 5.92 Å². The van der Waals surface area contributed by atoms with Crippen molar-refractivity contribution in [3.8, 4) is 0 Å². The van der Waals surface area contributed by atoms with E-state index in [1.54, 1.807) is 0 Å². The Labute approximate surface area is 113 Å². The molecule has 0 rings (SSSR count). The largest absolute Gasteiger partial charge is 0.298 e. The highest BCUT2D eigenvalue weighted by Crippen LogP contribution is 2.30. The highest BCUT2D eigenvalue weighted by atomic mass is 16.2. The lowest BCUT2D eigenvalue weighted by Gasteiger charge is -2.28. The van der Waals surface area contributed by atoms with Crippen molar-refractivity contribution in [2.24, 2.45) is 16.7 Å². The topological polar surface area (TPSA) is 34.1 Å². The number of carbonyl (C=O) groups excluding carboxylic acids is 2. The van der Waals surface area contributed by atoms with Crippen LogP contribution in [-0.2, 0) is 9.59 Å². The zero-order valence-electron chi connectivity index (χ0n) is 13.2. The van der Waals surface area contributed by atoms with Gasteiger partial charge >= 0.3 is 0 Å². The first-order chi connectivity index (χ1) is 8.01. The molecule has 2 heteroatoms. The summed E-state index contributed by atoms with van der Waals surface area (Å²) >= 11 is 0. The molecule has 106 valence electrons. The van der Waals surface area contributed by atoms with E-state index < -0.39 is 16.7 Å². The Morgan fingerprint density at radius 3 is 1.50 bits per heavy atom. The lowest BCUT2D eigenvalue weighted by molar-refractivity contribution is -0.142. The van der Waals surface area contributed by atoms with Crippen LogP contribution in [-0.4, -0.2) is 11.6 Å². The number of hydrogen-bond acceptors (Lipinski definition) is 2. The van der Waals surface area contributed by atoms with Crippen molar-refractivity contribution in [1.82, 2.24) is 0 Å². The zero-order chi connectivity index (χ0) is 14.6. The standard InChI is InChI=1S/C16H30O2/c1-8-9-10-11-12(13(17)15(2,3)4)14(18)16(5,6)7/h12H,8-11H2,1-7H3. The van der Waals surface area contributed by atoms with Crippen molar-refractivity contribution in [2.45, 2.75) is 74.1 Å². The van der Waals surface area contributed by atoms with Crippen LogP contribution in [0.4, 0.5) is 0 Å². The van der Waals surface area contributed by atoms with Crippen molar-refractivity contribution in [2.75, 3.05) is 0 Å². The zero-order valence-corrected chi connectivity index (χ0v) is 13.2. The molecule has 0 bridgehead atoms. The third-order valence-electron chi connectivity index (χ3n) is 3.21. The fourth-order valence-corrected chi connectivity index (χ4v) is 2.03. The molecule has 0 aromatic heterocycles. The summed E-state index contributed by atoms with van der Waals surface area (Å²) in [7, 11) is 0. The summed E-state index contributed by atoms with van der Waals surface area (Å²) in [6.45, 7) is 13.5. The highest BCUT2D eigenvalue weighted by molar-refractivity contribution is 6.06. The minimum absolute atomic E-state index is 0.0959. The summed E-state index contributed by atoms with van der Waals surface area (Å²) in [5.74, 6) is -0.228. The summed E-state index contributed by atoms with van der Waals surface area (Å²) in [6, 6.07) is 0. The molecule has 0 fully saturated rings. The predicted molar refractivity (Wildman–Crippen MR) is 76.6 cm³/mol. The van der Waals surface area contributed by atoms with Crippen molar-refractivity contribution in [3.63, 3.8) is 0 Å². The Hall–Kier alpha value is -0.660. The number of carbonyl (C=O) groups is 2. The third-order valence-corrected chi connectivity index (χ3v) is 3.21. The number of unbranched alkanes of at least 4 members (excludes halogenated alkanes) is 2. The Morgan fingerprint density at radius 1 is 0.833 bits per heavy atom. The Bertz CT molecular complexity index is 263. The smallest absolute Gasteiger partial charge is 0.148 e. The molecule has 2 nitrogen and oxygen atoms in total. The molecule has 0 aliphatic carbocycles.